The average molecular weight is 276 g/mol. The minimum atomic E-state index is -0.489. The number of thioether (sulfide) groups is 1. The molecule has 2 amide bonds. The van der Waals surface area contributed by atoms with Crippen LogP contribution in [0.5, 0.6) is 0 Å². The van der Waals surface area contributed by atoms with Gasteiger partial charge in [0.2, 0.25) is 0 Å². The first kappa shape index (κ1) is 13.9. The molecule has 2 aliphatic rings. The van der Waals surface area contributed by atoms with E-state index in [0.29, 0.717) is 16.5 Å². The Kier molecular flexibility index (Phi) is 3.85. The molecule has 0 aromatic heterocycles. The van der Waals surface area contributed by atoms with E-state index < -0.39 is 6.03 Å². The van der Waals surface area contributed by atoms with E-state index in [-0.39, 0.29) is 17.1 Å². The molecule has 100 valence electrons. The molecule has 0 radical (unpaired) electrons. The van der Waals surface area contributed by atoms with Crippen LogP contribution in [0.1, 0.15) is 20.8 Å². The van der Waals surface area contributed by atoms with Crippen molar-refractivity contribution in [3.63, 3.8) is 0 Å². The van der Waals surface area contributed by atoms with Crippen LogP contribution in [0.25, 0.3) is 0 Å². The van der Waals surface area contributed by atoms with Gasteiger partial charge in [0.25, 0.3) is 0 Å². The molecule has 1 atom stereocenters. The highest BCUT2D eigenvalue weighted by Crippen LogP contribution is 2.26. The van der Waals surface area contributed by atoms with Crippen molar-refractivity contribution in [2.75, 3.05) is 5.75 Å². The van der Waals surface area contributed by atoms with Crippen LogP contribution in [-0.4, -0.2) is 28.3 Å². The van der Waals surface area contributed by atoms with Crippen molar-refractivity contribution in [3.8, 4) is 0 Å². The zero-order chi connectivity index (χ0) is 14.0. The van der Waals surface area contributed by atoms with Gasteiger partial charge in [-0.25, -0.2) is 4.79 Å². The summed E-state index contributed by atoms with van der Waals surface area (Å²) < 4.78 is 0. The molecule has 0 bridgehead atoms. The van der Waals surface area contributed by atoms with Gasteiger partial charge in [-0.05, 0) is 6.08 Å². The highest BCUT2D eigenvalue weighted by Gasteiger charge is 2.28. The van der Waals surface area contributed by atoms with Gasteiger partial charge in [-0.3, -0.25) is 4.79 Å². The molecule has 0 N–H and O–H groups in total. The van der Waals surface area contributed by atoms with Crippen LogP contribution >= 0.6 is 11.8 Å². The molecule has 4 nitrogen and oxygen atoms in total. The van der Waals surface area contributed by atoms with Crippen LogP contribution in [0.15, 0.2) is 34.3 Å². The second-order valence-electron chi connectivity index (χ2n) is 5.45. The van der Waals surface area contributed by atoms with Gasteiger partial charge in [0, 0.05) is 5.41 Å². The van der Waals surface area contributed by atoms with Crippen LogP contribution in [0, 0.1) is 11.3 Å². The number of ketones is 1. The number of carbonyl (C=O) groups excluding carboxylic acids is 2. The van der Waals surface area contributed by atoms with Crippen LogP contribution < -0.4 is 0 Å². The Labute approximate surface area is 116 Å². The first-order valence-electron chi connectivity index (χ1n) is 6.10. The summed E-state index contributed by atoms with van der Waals surface area (Å²) in [4.78, 5) is 31.2. The van der Waals surface area contributed by atoms with Crippen molar-refractivity contribution >= 4 is 34.3 Å². The summed E-state index contributed by atoms with van der Waals surface area (Å²) in [6.07, 6.45) is 7.50. The van der Waals surface area contributed by atoms with E-state index in [1.807, 2.05) is 45.1 Å². The predicted molar refractivity (Wildman–Crippen MR) is 79.0 cm³/mol. The number of hydrogen-bond acceptors (Lipinski definition) is 3. The van der Waals surface area contributed by atoms with Crippen molar-refractivity contribution in [2.24, 2.45) is 21.3 Å². The highest BCUT2D eigenvalue weighted by molar-refractivity contribution is 8.14. The SMILES string of the molecule is CC(C)(C)C(=O)CSC1=NC(=O)N=C2C=CC=CC21. The van der Waals surface area contributed by atoms with E-state index >= 15 is 0 Å². The van der Waals surface area contributed by atoms with Crippen LogP contribution in [0.2, 0.25) is 0 Å². The normalized spacial score (nSPS) is 21.8. The Hall–Kier alpha value is -1.49. The molecule has 0 saturated carbocycles. The minimum Gasteiger partial charge on any atom is -0.298 e. The molecule has 0 saturated heterocycles. The first-order valence-corrected chi connectivity index (χ1v) is 7.08. The average Bonchev–Trinajstić information content (AvgIpc) is 2.34. The first-order chi connectivity index (χ1) is 8.88. The maximum atomic E-state index is 11.9. The third-order valence-corrected chi connectivity index (χ3v) is 3.93. The fraction of sp³-hybridized carbons (Fsp3) is 0.429. The van der Waals surface area contributed by atoms with E-state index in [1.54, 1.807) is 0 Å². The Morgan fingerprint density at radius 3 is 2.74 bits per heavy atom. The lowest BCUT2D eigenvalue weighted by Gasteiger charge is -2.21. The third kappa shape index (κ3) is 3.29. The van der Waals surface area contributed by atoms with Crippen molar-refractivity contribution < 1.29 is 9.59 Å². The number of amides is 2. The number of aliphatic imine (C=N–C) groups is 2. The highest BCUT2D eigenvalue weighted by atomic mass is 32.2. The third-order valence-electron chi connectivity index (χ3n) is 2.88. The molecule has 1 aliphatic carbocycles. The summed E-state index contributed by atoms with van der Waals surface area (Å²) in [6.45, 7) is 5.67. The monoisotopic (exact) mass is 276 g/mol. The maximum absolute atomic E-state index is 11.9. The second-order valence-corrected chi connectivity index (χ2v) is 6.45. The van der Waals surface area contributed by atoms with Gasteiger partial charge >= 0.3 is 6.03 Å². The molecule has 0 aromatic carbocycles. The van der Waals surface area contributed by atoms with Gasteiger partial charge in [-0.2, -0.15) is 9.98 Å². The van der Waals surface area contributed by atoms with Crippen molar-refractivity contribution in [2.45, 2.75) is 20.8 Å². The molecular weight excluding hydrogens is 260 g/mol. The fourth-order valence-electron chi connectivity index (χ4n) is 1.62. The molecule has 2 rings (SSSR count). The second kappa shape index (κ2) is 5.25. The van der Waals surface area contributed by atoms with E-state index in [0.717, 1.165) is 0 Å². The minimum absolute atomic E-state index is 0.0829. The van der Waals surface area contributed by atoms with Gasteiger partial charge in [0.05, 0.1) is 22.4 Å². The Balaban J connectivity index is 2.08. The number of Topliss-reactive ketones (excluding diaryl/α,β-unsaturated/α-hetero) is 1. The number of rotatable bonds is 2. The van der Waals surface area contributed by atoms with E-state index in [4.69, 9.17) is 0 Å². The van der Waals surface area contributed by atoms with Crippen LogP contribution in [0.4, 0.5) is 4.79 Å². The number of carbonyl (C=O) groups is 2. The Bertz CT molecular complexity index is 536. The lowest BCUT2D eigenvalue weighted by molar-refractivity contribution is -0.123. The van der Waals surface area contributed by atoms with E-state index in [2.05, 4.69) is 9.98 Å². The Morgan fingerprint density at radius 2 is 2.05 bits per heavy atom. The van der Waals surface area contributed by atoms with Gasteiger partial charge in [0.1, 0.15) is 5.78 Å². The molecule has 1 aliphatic heterocycles. The smallest absolute Gasteiger partial charge is 0.298 e. The van der Waals surface area contributed by atoms with E-state index in [9.17, 15) is 9.59 Å². The summed E-state index contributed by atoms with van der Waals surface area (Å²) in [5, 5.41) is 0.660. The van der Waals surface area contributed by atoms with Crippen LogP contribution in [-0.2, 0) is 4.79 Å². The van der Waals surface area contributed by atoms with Gasteiger partial charge < -0.3 is 0 Å². The standard InChI is InChI=1S/C14H16N2O2S/c1-14(2,3)11(17)8-19-12-9-6-4-5-7-10(9)15-13(18)16-12/h4-7,9H,8H2,1-3H3. The quantitative estimate of drug-likeness (QED) is 0.778. The zero-order valence-electron chi connectivity index (χ0n) is 11.2. The summed E-state index contributed by atoms with van der Waals surface area (Å²) in [7, 11) is 0. The molecule has 0 aromatic rings. The topological polar surface area (TPSA) is 58.9 Å². The van der Waals surface area contributed by atoms with Crippen LogP contribution in [0.3, 0.4) is 0 Å². The number of hydrogen-bond donors (Lipinski definition) is 0. The van der Waals surface area contributed by atoms with Crippen molar-refractivity contribution in [3.05, 3.63) is 24.3 Å². The molecule has 19 heavy (non-hydrogen) atoms. The summed E-state index contributed by atoms with van der Waals surface area (Å²) in [5.41, 5.74) is 0.332. The summed E-state index contributed by atoms with van der Waals surface area (Å²) >= 11 is 1.34. The molecular formula is C14H16N2O2S. The number of urea groups is 1. The van der Waals surface area contributed by atoms with Crippen molar-refractivity contribution in [1.29, 1.82) is 0 Å². The largest absolute Gasteiger partial charge is 0.368 e. The number of fused-ring (bicyclic) bond motifs is 1. The molecule has 1 unspecified atom stereocenters. The lowest BCUT2D eigenvalue weighted by Crippen LogP contribution is -2.28. The predicted octanol–water partition coefficient (Wildman–Crippen LogP) is 3.05. The molecule has 0 spiro atoms. The van der Waals surface area contributed by atoms with Gasteiger partial charge in [0.15, 0.2) is 0 Å². The lowest BCUT2D eigenvalue weighted by atomic mass is 9.92. The molecule has 5 heteroatoms. The van der Waals surface area contributed by atoms with E-state index in [1.165, 1.54) is 11.8 Å². The van der Waals surface area contributed by atoms with Gasteiger partial charge in [-0.15, -0.1) is 11.8 Å². The number of nitrogens with zero attached hydrogens (tertiary/aromatic N) is 2. The fourth-order valence-corrected chi connectivity index (χ4v) is 2.86. The van der Waals surface area contributed by atoms with Gasteiger partial charge in [-0.1, -0.05) is 39.0 Å². The molecule has 0 fully saturated rings. The summed E-state index contributed by atoms with van der Waals surface area (Å²) in [5.74, 6) is 0.393. The zero-order valence-corrected chi connectivity index (χ0v) is 12.0. The van der Waals surface area contributed by atoms with Crippen molar-refractivity contribution in [1.82, 2.24) is 0 Å². The molecule has 1 heterocycles. The number of allylic oxidation sites excluding steroid dienone is 4. The Morgan fingerprint density at radius 1 is 1.32 bits per heavy atom. The summed E-state index contributed by atoms with van der Waals surface area (Å²) in [6, 6.07) is -0.489. The maximum Gasteiger partial charge on any atom is 0.368 e.